The molecule has 0 aromatic carbocycles. The molecule has 1 saturated carbocycles. The van der Waals surface area contributed by atoms with Gasteiger partial charge in [0.05, 0.1) is 0 Å². The molecule has 0 unspecified atom stereocenters. The second-order valence-electron chi connectivity index (χ2n) is 5.22. The molecule has 0 radical (unpaired) electrons. The van der Waals surface area contributed by atoms with Crippen LogP contribution in [0.15, 0.2) is 0 Å². The van der Waals surface area contributed by atoms with Crippen LogP contribution in [-0.2, 0) is 36.4 Å². The van der Waals surface area contributed by atoms with Crippen LogP contribution >= 0.6 is 31.3 Å². The van der Waals surface area contributed by atoms with Crippen LogP contribution in [0.2, 0.25) is 0 Å². The molecule has 0 saturated heterocycles. The van der Waals surface area contributed by atoms with Crippen LogP contribution in [0.5, 0.6) is 0 Å². The fraction of sp³-hybridized carbons (Fsp3) is 1.00. The van der Waals surface area contributed by atoms with Crippen molar-refractivity contribution in [2.75, 3.05) is 0 Å². The Labute approximate surface area is 154 Å². The lowest BCUT2D eigenvalue weighted by Gasteiger charge is -2.45. The van der Waals surface area contributed by atoms with E-state index in [0.717, 1.165) is 0 Å². The molecule has 168 valence electrons. The molecule has 0 bridgehead atoms. The molecule has 10 N–H and O–H groups in total. The number of phosphoric acid groups is 4. The van der Waals surface area contributed by atoms with Gasteiger partial charge in [0.2, 0.25) is 0 Å². The predicted molar refractivity (Wildman–Crippen MR) is 79.7 cm³/mol. The Kier molecular flexibility index (Phi) is 8.34. The Morgan fingerprint density at radius 2 is 0.571 bits per heavy atom. The van der Waals surface area contributed by atoms with Gasteiger partial charge in [-0.2, -0.15) is 0 Å². The maximum Gasteiger partial charge on any atom is 0.470 e. The molecule has 0 spiro atoms. The Morgan fingerprint density at radius 3 is 0.679 bits per heavy atom. The van der Waals surface area contributed by atoms with Gasteiger partial charge in [0.25, 0.3) is 0 Å². The van der Waals surface area contributed by atoms with Crippen LogP contribution in [0, 0.1) is 0 Å². The van der Waals surface area contributed by atoms with Gasteiger partial charge in [-0.3, -0.25) is 18.1 Å². The number of rotatable bonds is 8. The van der Waals surface area contributed by atoms with Crippen molar-refractivity contribution in [3.8, 4) is 0 Å². The third-order valence-corrected chi connectivity index (χ3v) is 5.10. The summed E-state index contributed by atoms with van der Waals surface area (Å²) in [5, 5.41) is 20.2. The van der Waals surface area contributed by atoms with Crippen LogP contribution < -0.4 is 0 Å². The van der Waals surface area contributed by atoms with Crippen molar-refractivity contribution in [1.82, 2.24) is 0 Å². The number of aliphatic hydroxyl groups excluding tert-OH is 2. The van der Waals surface area contributed by atoms with Gasteiger partial charge in [-0.1, -0.05) is 0 Å². The number of aliphatic hydroxyl groups is 2. The highest BCUT2D eigenvalue weighted by Crippen LogP contribution is 2.51. The summed E-state index contributed by atoms with van der Waals surface area (Å²) >= 11 is 0. The standard InChI is InChI=1S/C6H16O18P4/c7-1-3(21-25(9,10)11)5(23-27(15,16)17)2(8)6(24-28(18,19)20)4(1)22-26(12,13)14/h1-8H,(H2,9,10,11)(H2,12,13,14)(H2,15,16,17)(H2,18,19,20)/t1-,2-,3-,4-,5-,6+/m1/s1. The Balaban J connectivity index is 3.47. The molecule has 0 heterocycles. The zero-order valence-electron chi connectivity index (χ0n) is 13.0. The van der Waals surface area contributed by atoms with E-state index in [1.807, 2.05) is 0 Å². The minimum absolute atomic E-state index is 2.61. The van der Waals surface area contributed by atoms with Crippen LogP contribution in [0.3, 0.4) is 0 Å². The van der Waals surface area contributed by atoms with Crippen LogP contribution in [0.25, 0.3) is 0 Å². The Hall–Kier alpha value is 0.360. The normalized spacial score (nSPS) is 33.1. The first-order valence-electron chi connectivity index (χ1n) is 6.52. The number of hydrogen-bond acceptors (Lipinski definition) is 10. The van der Waals surface area contributed by atoms with Gasteiger partial charge in [-0.05, 0) is 0 Å². The highest BCUT2D eigenvalue weighted by Gasteiger charge is 2.58. The van der Waals surface area contributed by atoms with Crippen molar-refractivity contribution in [2.45, 2.75) is 36.6 Å². The second kappa shape index (κ2) is 8.85. The fourth-order valence-electron chi connectivity index (χ4n) is 2.27. The topological polar surface area (TPSA) is 308 Å². The molecular formula is C6H16O18P4. The Morgan fingerprint density at radius 1 is 0.429 bits per heavy atom. The van der Waals surface area contributed by atoms with Crippen molar-refractivity contribution in [3.05, 3.63) is 0 Å². The minimum atomic E-state index is -5.59. The summed E-state index contributed by atoms with van der Waals surface area (Å²) in [7, 11) is -22.3. The van der Waals surface area contributed by atoms with Gasteiger partial charge < -0.3 is 49.4 Å². The zero-order chi connectivity index (χ0) is 22.3. The van der Waals surface area contributed by atoms with Crippen molar-refractivity contribution in [2.24, 2.45) is 0 Å². The zero-order valence-corrected chi connectivity index (χ0v) is 16.6. The predicted octanol–water partition coefficient (Wildman–Crippen LogP) is -3.37. The average Bonchev–Trinajstić information content (AvgIpc) is 2.39. The van der Waals surface area contributed by atoms with E-state index >= 15 is 0 Å². The summed E-state index contributed by atoms with van der Waals surface area (Å²) in [5.74, 6) is 0. The maximum atomic E-state index is 11.0. The monoisotopic (exact) mass is 500 g/mol. The molecule has 0 aliphatic heterocycles. The fourth-order valence-corrected chi connectivity index (χ4v) is 4.52. The van der Waals surface area contributed by atoms with Crippen molar-refractivity contribution in [3.63, 3.8) is 0 Å². The average molecular weight is 500 g/mol. The lowest BCUT2D eigenvalue weighted by Crippen LogP contribution is -2.65. The number of hydrogen-bond donors (Lipinski definition) is 10. The molecule has 18 nitrogen and oxygen atoms in total. The highest BCUT2D eigenvalue weighted by molar-refractivity contribution is 7.47. The molecule has 28 heavy (non-hydrogen) atoms. The first kappa shape index (κ1) is 26.4. The maximum absolute atomic E-state index is 11.0. The summed E-state index contributed by atoms with van der Waals surface area (Å²) in [6.45, 7) is 0. The molecule has 0 amide bonds. The summed E-state index contributed by atoms with van der Waals surface area (Å²) in [5.41, 5.74) is 0. The third kappa shape index (κ3) is 8.62. The van der Waals surface area contributed by atoms with Crippen LogP contribution in [0.4, 0.5) is 0 Å². The highest BCUT2D eigenvalue weighted by atomic mass is 31.2. The lowest BCUT2D eigenvalue weighted by atomic mass is 9.85. The van der Waals surface area contributed by atoms with E-state index in [9.17, 15) is 28.5 Å². The third-order valence-electron chi connectivity index (χ3n) is 3.03. The van der Waals surface area contributed by atoms with Crippen LogP contribution in [-0.4, -0.2) is 86.0 Å². The number of phosphoric ester groups is 4. The van der Waals surface area contributed by atoms with Gasteiger partial charge in [0.1, 0.15) is 36.6 Å². The summed E-state index contributed by atoms with van der Waals surface area (Å²) in [6.07, 6.45) is -15.9. The molecule has 1 aliphatic carbocycles. The van der Waals surface area contributed by atoms with Gasteiger partial charge in [0.15, 0.2) is 0 Å². The Bertz CT molecular complexity index is 604. The quantitative estimate of drug-likeness (QED) is 0.145. The summed E-state index contributed by atoms with van der Waals surface area (Å²) < 4.78 is 60.4. The summed E-state index contributed by atoms with van der Waals surface area (Å²) in [6, 6.07) is 0. The van der Waals surface area contributed by atoms with Gasteiger partial charge in [0, 0.05) is 0 Å². The molecule has 1 fully saturated rings. The SMILES string of the molecule is O=P(O)(O)O[C@@H]1[C@@H](O)[C@@H](OP(=O)(O)O)[C@@H](OP(=O)(O)O)[C@H](O)[C@H]1OP(=O)(O)O. The molecule has 1 rings (SSSR count). The second-order valence-corrected chi connectivity index (χ2v) is 9.99. The van der Waals surface area contributed by atoms with Gasteiger partial charge >= 0.3 is 31.3 Å². The van der Waals surface area contributed by atoms with Crippen molar-refractivity contribution < 1.29 is 85.7 Å². The van der Waals surface area contributed by atoms with Crippen molar-refractivity contribution in [1.29, 1.82) is 0 Å². The molecule has 22 heteroatoms. The van der Waals surface area contributed by atoms with Gasteiger partial charge in [-0.15, -0.1) is 0 Å². The van der Waals surface area contributed by atoms with E-state index < -0.39 is 67.9 Å². The minimum Gasteiger partial charge on any atom is -0.387 e. The molecule has 0 aromatic heterocycles. The van der Waals surface area contributed by atoms with E-state index in [1.54, 1.807) is 0 Å². The van der Waals surface area contributed by atoms with E-state index in [0.29, 0.717) is 0 Å². The molecule has 6 atom stereocenters. The largest absolute Gasteiger partial charge is 0.470 e. The van der Waals surface area contributed by atoms with E-state index in [2.05, 4.69) is 18.1 Å². The lowest BCUT2D eigenvalue weighted by molar-refractivity contribution is -0.208. The molecule has 0 aromatic rings. The van der Waals surface area contributed by atoms with E-state index in [1.165, 1.54) is 0 Å². The summed E-state index contributed by atoms with van der Waals surface area (Å²) in [4.78, 5) is 70.9. The van der Waals surface area contributed by atoms with E-state index in [-0.39, 0.29) is 0 Å². The van der Waals surface area contributed by atoms with E-state index in [4.69, 9.17) is 39.1 Å². The first-order valence-corrected chi connectivity index (χ1v) is 12.6. The van der Waals surface area contributed by atoms with Gasteiger partial charge in [-0.25, -0.2) is 18.3 Å². The first-order chi connectivity index (χ1) is 12.2. The molecular weight excluding hydrogens is 484 g/mol. The smallest absolute Gasteiger partial charge is 0.387 e. The molecule has 1 aliphatic rings. The van der Waals surface area contributed by atoms with Crippen LogP contribution in [0.1, 0.15) is 0 Å². The van der Waals surface area contributed by atoms with Crippen molar-refractivity contribution >= 4 is 31.3 Å².